The van der Waals surface area contributed by atoms with Gasteiger partial charge in [-0.05, 0) is 57.1 Å². The van der Waals surface area contributed by atoms with E-state index in [2.05, 4.69) is 6.92 Å². The highest BCUT2D eigenvalue weighted by Crippen LogP contribution is 2.40. The molecule has 0 aliphatic heterocycles. The molecule has 1 aliphatic carbocycles. The predicted octanol–water partition coefficient (Wildman–Crippen LogP) is 6.07. The van der Waals surface area contributed by atoms with Crippen LogP contribution in [-0.2, 0) is 4.79 Å². The van der Waals surface area contributed by atoms with Gasteiger partial charge in [-0.15, -0.1) is 11.3 Å². The van der Waals surface area contributed by atoms with Crippen molar-refractivity contribution in [1.82, 2.24) is 0 Å². The molecular weight excluding hydrogens is 370 g/mol. The van der Waals surface area contributed by atoms with Crippen LogP contribution in [0.2, 0.25) is 0 Å². The summed E-state index contributed by atoms with van der Waals surface area (Å²) in [6, 6.07) is 11.5. The van der Waals surface area contributed by atoms with Gasteiger partial charge in [-0.3, -0.25) is 4.79 Å². The first kappa shape index (κ1) is 20.6. The Morgan fingerprint density at radius 3 is 2.32 bits per heavy atom. The Labute approximate surface area is 171 Å². The van der Waals surface area contributed by atoms with E-state index in [-0.39, 0.29) is 22.7 Å². The number of hydrogen-bond donors (Lipinski definition) is 1. The highest BCUT2D eigenvalue weighted by atomic mass is 32.1. The minimum absolute atomic E-state index is 0.00748. The van der Waals surface area contributed by atoms with E-state index in [0.717, 1.165) is 42.0 Å². The minimum atomic E-state index is -0.977. The Bertz CT molecular complexity index is 820. The van der Waals surface area contributed by atoms with Crippen LogP contribution in [0.4, 0.5) is 5.69 Å². The van der Waals surface area contributed by atoms with Gasteiger partial charge >= 0.3 is 5.97 Å². The summed E-state index contributed by atoms with van der Waals surface area (Å²) in [7, 11) is 0. The Morgan fingerprint density at radius 2 is 1.79 bits per heavy atom. The third-order valence-corrected chi connectivity index (χ3v) is 6.91. The topological polar surface area (TPSA) is 57.6 Å². The number of carbonyl (C=O) groups is 2. The van der Waals surface area contributed by atoms with Crippen molar-refractivity contribution in [2.24, 2.45) is 11.8 Å². The zero-order valence-electron chi connectivity index (χ0n) is 16.9. The molecule has 1 aromatic carbocycles. The van der Waals surface area contributed by atoms with Crippen LogP contribution in [0.3, 0.4) is 0 Å². The standard InChI is InChI=1S/C23H29NO3S/c1-4-16-10-12-18(13-11-16)22(25)24(15(2)3)19-14-20(28-21(19)23(26)27)17-8-6-5-7-9-17/h5-9,14-16,18H,4,10-13H2,1-3H3,(H,26,27). The maximum absolute atomic E-state index is 13.4. The molecule has 1 aliphatic rings. The lowest BCUT2D eigenvalue weighted by atomic mass is 9.80. The second-order valence-corrected chi connectivity index (χ2v) is 8.98. The van der Waals surface area contributed by atoms with E-state index >= 15 is 0 Å². The molecule has 150 valence electrons. The fourth-order valence-electron chi connectivity index (χ4n) is 4.12. The van der Waals surface area contributed by atoms with Crippen LogP contribution < -0.4 is 4.90 Å². The Balaban J connectivity index is 1.94. The van der Waals surface area contributed by atoms with Crippen LogP contribution >= 0.6 is 11.3 Å². The SMILES string of the molecule is CCC1CCC(C(=O)N(c2cc(-c3ccccc3)sc2C(=O)O)C(C)C)CC1. The van der Waals surface area contributed by atoms with Crippen LogP contribution in [-0.4, -0.2) is 23.0 Å². The van der Waals surface area contributed by atoms with Gasteiger partial charge in [0.25, 0.3) is 0 Å². The first-order valence-corrected chi connectivity index (χ1v) is 11.0. The smallest absolute Gasteiger partial charge is 0.348 e. The maximum Gasteiger partial charge on any atom is 0.348 e. The summed E-state index contributed by atoms with van der Waals surface area (Å²) in [5.41, 5.74) is 1.51. The van der Waals surface area contributed by atoms with Crippen molar-refractivity contribution >= 4 is 28.9 Å². The molecule has 1 N–H and O–H groups in total. The summed E-state index contributed by atoms with van der Waals surface area (Å²) >= 11 is 1.24. The van der Waals surface area contributed by atoms with E-state index in [9.17, 15) is 14.7 Å². The van der Waals surface area contributed by atoms with Crippen LogP contribution in [0.1, 0.15) is 62.5 Å². The highest BCUT2D eigenvalue weighted by molar-refractivity contribution is 7.18. The molecular formula is C23H29NO3S. The van der Waals surface area contributed by atoms with Crippen molar-refractivity contribution in [3.63, 3.8) is 0 Å². The Kier molecular flexibility index (Phi) is 6.55. The van der Waals surface area contributed by atoms with Gasteiger partial charge in [-0.2, -0.15) is 0 Å². The number of carbonyl (C=O) groups excluding carboxylic acids is 1. The summed E-state index contributed by atoms with van der Waals surface area (Å²) in [6.45, 7) is 6.13. The lowest BCUT2D eigenvalue weighted by molar-refractivity contribution is -0.124. The molecule has 1 saturated carbocycles. The number of anilines is 1. The van der Waals surface area contributed by atoms with Gasteiger partial charge in [0.15, 0.2) is 0 Å². The van der Waals surface area contributed by atoms with E-state index in [1.54, 1.807) is 4.90 Å². The average molecular weight is 400 g/mol. The molecule has 1 amide bonds. The molecule has 0 unspecified atom stereocenters. The molecule has 28 heavy (non-hydrogen) atoms. The monoisotopic (exact) mass is 399 g/mol. The Hall–Kier alpha value is -2.14. The quantitative estimate of drug-likeness (QED) is 0.641. The van der Waals surface area contributed by atoms with Crippen molar-refractivity contribution in [3.05, 3.63) is 41.3 Å². The number of rotatable bonds is 6. The zero-order chi connectivity index (χ0) is 20.3. The lowest BCUT2D eigenvalue weighted by Gasteiger charge is -2.34. The number of amides is 1. The number of thiophene rings is 1. The fourth-order valence-corrected chi connectivity index (χ4v) is 5.12. The third-order valence-electron chi connectivity index (χ3n) is 5.75. The van der Waals surface area contributed by atoms with Crippen molar-refractivity contribution in [1.29, 1.82) is 0 Å². The molecule has 1 aromatic heterocycles. The normalized spacial score (nSPS) is 19.6. The second kappa shape index (κ2) is 8.91. The largest absolute Gasteiger partial charge is 0.477 e. The van der Waals surface area contributed by atoms with Crippen molar-refractivity contribution in [2.75, 3.05) is 4.90 Å². The van der Waals surface area contributed by atoms with Crippen LogP contribution in [0.5, 0.6) is 0 Å². The first-order chi connectivity index (χ1) is 13.4. The van der Waals surface area contributed by atoms with Gasteiger partial charge in [0, 0.05) is 16.8 Å². The number of hydrogen-bond acceptors (Lipinski definition) is 3. The summed E-state index contributed by atoms with van der Waals surface area (Å²) in [5.74, 6) is -0.191. The van der Waals surface area contributed by atoms with Crippen LogP contribution in [0, 0.1) is 11.8 Å². The van der Waals surface area contributed by atoms with E-state index < -0.39 is 5.97 Å². The minimum Gasteiger partial charge on any atom is -0.477 e. The molecule has 0 bridgehead atoms. The van der Waals surface area contributed by atoms with Gasteiger partial charge in [0.1, 0.15) is 4.88 Å². The Morgan fingerprint density at radius 1 is 1.14 bits per heavy atom. The van der Waals surface area contributed by atoms with Gasteiger partial charge in [0.05, 0.1) is 5.69 Å². The molecule has 0 atom stereocenters. The number of carboxylic acid groups (broad SMARTS) is 1. The molecule has 0 spiro atoms. The predicted molar refractivity (Wildman–Crippen MR) is 115 cm³/mol. The summed E-state index contributed by atoms with van der Waals surface area (Å²) in [6.07, 6.45) is 5.15. The number of benzene rings is 1. The van der Waals surface area contributed by atoms with Crippen molar-refractivity contribution in [2.45, 2.75) is 58.9 Å². The second-order valence-electron chi connectivity index (χ2n) is 7.92. The maximum atomic E-state index is 13.4. The summed E-state index contributed by atoms with van der Waals surface area (Å²) < 4.78 is 0. The summed E-state index contributed by atoms with van der Waals surface area (Å²) in [5, 5.41) is 9.79. The molecule has 0 radical (unpaired) electrons. The molecule has 1 heterocycles. The van der Waals surface area contributed by atoms with Gasteiger partial charge in [-0.25, -0.2) is 4.79 Å². The van der Waals surface area contributed by atoms with Crippen LogP contribution in [0.15, 0.2) is 36.4 Å². The van der Waals surface area contributed by atoms with Gasteiger partial charge in [0.2, 0.25) is 5.91 Å². The zero-order valence-corrected chi connectivity index (χ0v) is 17.7. The summed E-state index contributed by atoms with van der Waals surface area (Å²) in [4.78, 5) is 28.2. The molecule has 2 aromatic rings. The van der Waals surface area contributed by atoms with E-state index in [0.29, 0.717) is 5.69 Å². The molecule has 5 heteroatoms. The van der Waals surface area contributed by atoms with E-state index in [4.69, 9.17) is 0 Å². The number of nitrogens with zero attached hydrogens (tertiary/aromatic N) is 1. The molecule has 4 nitrogen and oxygen atoms in total. The highest BCUT2D eigenvalue weighted by Gasteiger charge is 2.33. The average Bonchev–Trinajstić information content (AvgIpc) is 3.13. The van der Waals surface area contributed by atoms with Crippen LogP contribution in [0.25, 0.3) is 10.4 Å². The molecule has 1 fully saturated rings. The third kappa shape index (κ3) is 4.30. The van der Waals surface area contributed by atoms with Gasteiger partial charge in [-0.1, -0.05) is 43.7 Å². The lowest BCUT2D eigenvalue weighted by Crippen LogP contribution is -2.42. The number of carboxylic acids is 1. The molecule has 3 rings (SSSR count). The fraction of sp³-hybridized carbons (Fsp3) is 0.478. The first-order valence-electron chi connectivity index (χ1n) is 10.2. The van der Waals surface area contributed by atoms with Crippen molar-refractivity contribution < 1.29 is 14.7 Å². The van der Waals surface area contributed by atoms with Crippen molar-refractivity contribution in [3.8, 4) is 10.4 Å². The molecule has 0 saturated heterocycles. The van der Waals surface area contributed by atoms with Gasteiger partial charge < -0.3 is 10.0 Å². The van der Waals surface area contributed by atoms with E-state index in [1.807, 2.05) is 50.2 Å². The van der Waals surface area contributed by atoms with E-state index in [1.165, 1.54) is 17.8 Å². The number of aromatic carboxylic acids is 1.